The Morgan fingerprint density at radius 1 is 1.11 bits per heavy atom. The van der Waals surface area contributed by atoms with E-state index in [4.69, 9.17) is 16.3 Å². The van der Waals surface area contributed by atoms with Gasteiger partial charge in [0.2, 0.25) is 5.91 Å². The summed E-state index contributed by atoms with van der Waals surface area (Å²) in [6, 6.07) is 15.3. The molecule has 1 aliphatic rings. The number of benzene rings is 2. The molecule has 1 aliphatic heterocycles. The van der Waals surface area contributed by atoms with Gasteiger partial charge in [0.15, 0.2) is 0 Å². The highest BCUT2D eigenvalue weighted by Crippen LogP contribution is 2.17. The maximum atomic E-state index is 12.2. The minimum Gasteiger partial charge on any atom is -0.489 e. The highest BCUT2D eigenvalue weighted by atomic mass is 35.5. The van der Waals surface area contributed by atoms with E-state index in [1.54, 1.807) is 0 Å². The van der Waals surface area contributed by atoms with Gasteiger partial charge in [0, 0.05) is 44.3 Å². The van der Waals surface area contributed by atoms with Crippen molar-refractivity contribution in [1.82, 2.24) is 15.5 Å². The molecule has 144 valence electrons. The van der Waals surface area contributed by atoms with Crippen molar-refractivity contribution >= 4 is 17.5 Å². The Hall–Kier alpha value is -2.08. The van der Waals surface area contributed by atoms with E-state index >= 15 is 0 Å². The van der Waals surface area contributed by atoms with Crippen LogP contribution < -0.4 is 15.4 Å². The predicted molar refractivity (Wildman–Crippen MR) is 108 cm³/mol. The fourth-order valence-corrected chi connectivity index (χ4v) is 3.29. The fraction of sp³-hybridized carbons (Fsp3) is 0.381. The molecular weight excluding hydrogens is 362 g/mol. The molecular formula is C21H26ClN3O2. The summed E-state index contributed by atoms with van der Waals surface area (Å²) >= 11 is 5.99. The number of ether oxygens (including phenoxy) is 1. The number of nitrogens with one attached hydrogen (secondary N) is 2. The van der Waals surface area contributed by atoms with Crippen LogP contribution in [0.2, 0.25) is 5.02 Å². The maximum absolute atomic E-state index is 12.2. The van der Waals surface area contributed by atoms with Gasteiger partial charge in [-0.15, -0.1) is 0 Å². The molecule has 3 rings (SSSR count). The Morgan fingerprint density at radius 3 is 2.70 bits per heavy atom. The molecule has 0 atom stereocenters. The minimum absolute atomic E-state index is 0.0390. The molecule has 0 spiro atoms. The monoisotopic (exact) mass is 387 g/mol. The fourth-order valence-electron chi connectivity index (χ4n) is 3.07. The largest absolute Gasteiger partial charge is 0.489 e. The van der Waals surface area contributed by atoms with E-state index in [-0.39, 0.29) is 5.91 Å². The molecule has 6 heteroatoms. The van der Waals surface area contributed by atoms with E-state index in [1.165, 1.54) is 0 Å². The van der Waals surface area contributed by atoms with Gasteiger partial charge in [0.25, 0.3) is 0 Å². The molecule has 1 amide bonds. The summed E-state index contributed by atoms with van der Waals surface area (Å²) in [4.78, 5) is 14.5. The lowest BCUT2D eigenvalue weighted by atomic mass is 10.1. The predicted octanol–water partition coefficient (Wildman–Crippen LogP) is 2.48. The zero-order valence-corrected chi connectivity index (χ0v) is 16.2. The summed E-state index contributed by atoms with van der Waals surface area (Å²) in [6.45, 7) is 6.16. The number of amides is 1. The number of halogens is 1. The number of carbonyl (C=O) groups excluding carboxylic acids is 1. The molecule has 2 aromatic rings. The van der Waals surface area contributed by atoms with Crippen molar-refractivity contribution in [3.8, 4) is 5.75 Å². The highest BCUT2D eigenvalue weighted by molar-refractivity contribution is 6.30. The molecule has 2 N–H and O–H groups in total. The van der Waals surface area contributed by atoms with Gasteiger partial charge in [0.05, 0.1) is 6.42 Å². The Balaban J connectivity index is 1.43. The quantitative estimate of drug-likeness (QED) is 0.730. The van der Waals surface area contributed by atoms with E-state index in [1.807, 2.05) is 48.5 Å². The lowest BCUT2D eigenvalue weighted by Gasteiger charge is -2.27. The van der Waals surface area contributed by atoms with Gasteiger partial charge < -0.3 is 15.4 Å². The standard InChI is InChI=1S/C21H26ClN3O2/c22-19-5-1-4-18(13-19)16-27-20-6-2-3-17(14-20)15-21(26)24-9-12-25-10-7-23-8-11-25/h1-6,13-14,23H,7-12,15-16H2,(H,24,26). The molecule has 0 aliphatic carbocycles. The van der Waals surface area contributed by atoms with Crippen LogP contribution in [0.1, 0.15) is 11.1 Å². The van der Waals surface area contributed by atoms with Crippen molar-refractivity contribution in [2.75, 3.05) is 39.3 Å². The third kappa shape index (κ3) is 6.86. The second-order valence-electron chi connectivity index (χ2n) is 6.68. The summed E-state index contributed by atoms with van der Waals surface area (Å²) in [7, 11) is 0. The Kier molecular flexibility index (Phi) is 7.51. The van der Waals surface area contributed by atoms with Crippen molar-refractivity contribution < 1.29 is 9.53 Å². The normalized spacial score (nSPS) is 14.7. The summed E-state index contributed by atoms with van der Waals surface area (Å²) in [5.74, 6) is 0.790. The van der Waals surface area contributed by atoms with E-state index in [0.717, 1.165) is 49.6 Å². The highest BCUT2D eigenvalue weighted by Gasteiger charge is 2.10. The van der Waals surface area contributed by atoms with Crippen molar-refractivity contribution in [2.24, 2.45) is 0 Å². The molecule has 1 saturated heterocycles. The van der Waals surface area contributed by atoms with Crippen molar-refractivity contribution in [3.05, 3.63) is 64.7 Å². The van der Waals surface area contributed by atoms with Crippen LogP contribution in [0.15, 0.2) is 48.5 Å². The first-order chi connectivity index (χ1) is 13.2. The molecule has 0 bridgehead atoms. The van der Waals surface area contributed by atoms with Gasteiger partial charge in [-0.25, -0.2) is 0 Å². The van der Waals surface area contributed by atoms with Crippen LogP contribution in [-0.4, -0.2) is 50.1 Å². The Morgan fingerprint density at radius 2 is 1.89 bits per heavy atom. The van der Waals surface area contributed by atoms with Crippen LogP contribution in [0.25, 0.3) is 0 Å². The summed E-state index contributed by atoms with van der Waals surface area (Å²) in [6.07, 6.45) is 0.357. The van der Waals surface area contributed by atoms with Crippen LogP contribution in [-0.2, 0) is 17.8 Å². The number of nitrogens with zero attached hydrogens (tertiary/aromatic N) is 1. The zero-order chi connectivity index (χ0) is 18.9. The molecule has 0 saturated carbocycles. The average molecular weight is 388 g/mol. The number of rotatable bonds is 8. The molecule has 0 unspecified atom stereocenters. The van der Waals surface area contributed by atoms with Gasteiger partial charge in [0.1, 0.15) is 12.4 Å². The number of hydrogen-bond acceptors (Lipinski definition) is 4. The van der Waals surface area contributed by atoms with E-state index in [2.05, 4.69) is 15.5 Å². The first-order valence-electron chi connectivity index (χ1n) is 9.35. The Bertz CT molecular complexity index is 748. The first kappa shape index (κ1) is 19.7. The summed E-state index contributed by atoms with van der Waals surface area (Å²) in [5.41, 5.74) is 1.96. The van der Waals surface area contributed by atoms with Crippen LogP contribution in [0.5, 0.6) is 5.75 Å². The van der Waals surface area contributed by atoms with Crippen LogP contribution in [0.4, 0.5) is 0 Å². The first-order valence-corrected chi connectivity index (χ1v) is 9.73. The molecule has 27 heavy (non-hydrogen) atoms. The maximum Gasteiger partial charge on any atom is 0.224 e. The smallest absolute Gasteiger partial charge is 0.224 e. The zero-order valence-electron chi connectivity index (χ0n) is 15.4. The molecule has 0 radical (unpaired) electrons. The van der Waals surface area contributed by atoms with Crippen molar-refractivity contribution in [1.29, 1.82) is 0 Å². The second kappa shape index (κ2) is 10.3. The number of carbonyl (C=O) groups is 1. The molecule has 2 aromatic carbocycles. The van der Waals surface area contributed by atoms with E-state index in [0.29, 0.717) is 24.6 Å². The van der Waals surface area contributed by atoms with Gasteiger partial charge in [-0.3, -0.25) is 9.69 Å². The molecule has 0 aromatic heterocycles. The lowest BCUT2D eigenvalue weighted by Crippen LogP contribution is -2.46. The molecule has 5 nitrogen and oxygen atoms in total. The third-order valence-electron chi connectivity index (χ3n) is 4.52. The number of hydrogen-bond donors (Lipinski definition) is 2. The van der Waals surface area contributed by atoms with E-state index < -0.39 is 0 Å². The van der Waals surface area contributed by atoms with Gasteiger partial charge in [-0.05, 0) is 35.4 Å². The third-order valence-corrected chi connectivity index (χ3v) is 4.75. The SMILES string of the molecule is O=C(Cc1cccc(OCc2cccc(Cl)c2)c1)NCCN1CCNCC1. The topological polar surface area (TPSA) is 53.6 Å². The molecule has 1 fully saturated rings. The average Bonchev–Trinajstić information content (AvgIpc) is 2.68. The Labute approximate surface area is 165 Å². The second-order valence-corrected chi connectivity index (χ2v) is 7.12. The van der Waals surface area contributed by atoms with Crippen LogP contribution in [0, 0.1) is 0 Å². The van der Waals surface area contributed by atoms with Gasteiger partial charge in [-0.1, -0.05) is 35.9 Å². The van der Waals surface area contributed by atoms with Crippen LogP contribution >= 0.6 is 11.6 Å². The minimum atomic E-state index is 0.0390. The van der Waals surface area contributed by atoms with Crippen molar-refractivity contribution in [3.63, 3.8) is 0 Å². The van der Waals surface area contributed by atoms with Gasteiger partial charge >= 0.3 is 0 Å². The molecule has 1 heterocycles. The number of piperazine rings is 1. The van der Waals surface area contributed by atoms with E-state index in [9.17, 15) is 4.79 Å². The summed E-state index contributed by atoms with van der Waals surface area (Å²) in [5, 5.41) is 7.03. The van der Waals surface area contributed by atoms with Crippen molar-refractivity contribution in [2.45, 2.75) is 13.0 Å². The van der Waals surface area contributed by atoms with Gasteiger partial charge in [-0.2, -0.15) is 0 Å². The van der Waals surface area contributed by atoms with Crippen LogP contribution in [0.3, 0.4) is 0 Å². The lowest BCUT2D eigenvalue weighted by molar-refractivity contribution is -0.120. The summed E-state index contributed by atoms with van der Waals surface area (Å²) < 4.78 is 5.83.